The third kappa shape index (κ3) is 4.82. The van der Waals surface area contributed by atoms with Gasteiger partial charge in [0.05, 0.1) is 11.1 Å². The lowest BCUT2D eigenvalue weighted by atomic mass is 9.91. The van der Waals surface area contributed by atoms with E-state index in [1.807, 2.05) is 36.5 Å². The largest absolute Gasteiger partial charge is 0.478 e. The lowest BCUT2D eigenvalue weighted by Crippen LogP contribution is -2.26. The van der Waals surface area contributed by atoms with Crippen molar-refractivity contribution in [1.29, 1.82) is 0 Å². The summed E-state index contributed by atoms with van der Waals surface area (Å²) in [4.78, 5) is 24.6. The van der Waals surface area contributed by atoms with Crippen LogP contribution in [-0.4, -0.2) is 39.1 Å². The molecule has 0 unspecified atom stereocenters. The molecule has 8 nitrogen and oxygen atoms in total. The summed E-state index contributed by atoms with van der Waals surface area (Å²) in [5.41, 5.74) is 3.88. The van der Waals surface area contributed by atoms with Crippen LogP contribution in [0, 0.1) is 0 Å². The highest BCUT2D eigenvalue weighted by molar-refractivity contribution is 6.04. The van der Waals surface area contributed by atoms with E-state index in [9.17, 15) is 9.90 Å². The summed E-state index contributed by atoms with van der Waals surface area (Å²) in [6, 6.07) is 17.4. The van der Waals surface area contributed by atoms with E-state index in [2.05, 4.69) is 43.0 Å². The first-order valence-corrected chi connectivity index (χ1v) is 11.4. The molecule has 0 amide bonds. The van der Waals surface area contributed by atoms with Crippen molar-refractivity contribution in [3.8, 4) is 0 Å². The lowest BCUT2D eigenvalue weighted by molar-refractivity contribution is 0.0699. The number of rotatable bonds is 7. The van der Waals surface area contributed by atoms with Crippen LogP contribution >= 0.6 is 0 Å². The fraction of sp³-hybridized carbons (Fsp3) is 0.231. The van der Waals surface area contributed by atoms with Gasteiger partial charge in [-0.05, 0) is 73.3 Å². The van der Waals surface area contributed by atoms with Crippen molar-refractivity contribution in [3.05, 3.63) is 83.8 Å². The zero-order chi connectivity index (χ0) is 23.3. The number of nitrogens with one attached hydrogen (secondary N) is 3. The summed E-state index contributed by atoms with van der Waals surface area (Å²) in [6.07, 6.45) is 5.68. The van der Waals surface area contributed by atoms with Crippen LogP contribution in [0.5, 0.6) is 0 Å². The van der Waals surface area contributed by atoms with E-state index in [1.54, 1.807) is 12.1 Å². The van der Waals surface area contributed by atoms with Gasteiger partial charge < -0.3 is 21.1 Å². The van der Waals surface area contributed by atoms with Crippen molar-refractivity contribution in [2.75, 3.05) is 23.7 Å². The normalized spacial score (nSPS) is 14.1. The van der Waals surface area contributed by atoms with Gasteiger partial charge in [-0.15, -0.1) is 0 Å². The van der Waals surface area contributed by atoms with E-state index in [-0.39, 0.29) is 5.56 Å². The number of para-hydroxylation sites is 1. The number of carboxylic acids is 1. The number of aromatic nitrogens is 3. The molecule has 0 aliphatic carbocycles. The highest BCUT2D eigenvalue weighted by Gasteiger charge is 2.15. The number of benzene rings is 2. The summed E-state index contributed by atoms with van der Waals surface area (Å²) in [5.74, 6) is 0.987. The van der Waals surface area contributed by atoms with Gasteiger partial charge in [-0.3, -0.25) is 0 Å². The highest BCUT2D eigenvalue weighted by Crippen LogP contribution is 2.26. The Labute approximate surface area is 197 Å². The predicted molar refractivity (Wildman–Crippen MR) is 133 cm³/mol. The van der Waals surface area contributed by atoms with E-state index in [0.717, 1.165) is 43.0 Å². The molecule has 8 heteroatoms. The van der Waals surface area contributed by atoms with Crippen LogP contribution in [0.25, 0.3) is 10.9 Å². The molecule has 1 aliphatic rings. The quantitative estimate of drug-likeness (QED) is 0.322. The maximum atomic E-state index is 11.5. The summed E-state index contributed by atoms with van der Waals surface area (Å²) in [6.45, 7) is 2.66. The molecule has 0 spiro atoms. The molecule has 0 bridgehead atoms. The van der Waals surface area contributed by atoms with Crippen molar-refractivity contribution in [2.45, 2.75) is 25.3 Å². The van der Waals surface area contributed by atoms with Crippen molar-refractivity contribution < 1.29 is 9.90 Å². The van der Waals surface area contributed by atoms with Crippen molar-refractivity contribution in [2.24, 2.45) is 0 Å². The molecule has 0 saturated carbocycles. The molecule has 0 atom stereocenters. The second-order valence-corrected chi connectivity index (χ2v) is 8.41. The number of hydrogen-bond donors (Lipinski definition) is 4. The Balaban J connectivity index is 1.27. The molecule has 1 aliphatic heterocycles. The minimum absolute atomic E-state index is 0.160. The fourth-order valence-electron chi connectivity index (χ4n) is 4.37. The maximum Gasteiger partial charge on any atom is 0.337 e. The first-order chi connectivity index (χ1) is 16.7. The molecule has 0 radical (unpaired) electrons. The van der Waals surface area contributed by atoms with Gasteiger partial charge in [-0.25, -0.2) is 19.7 Å². The summed E-state index contributed by atoms with van der Waals surface area (Å²) in [5, 5.41) is 20.2. The highest BCUT2D eigenvalue weighted by atomic mass is 16.4. The Bertz CT molecular complexity index is 1300. The molecule has 34 heavy (non-hydrogen) atoms. The smallest absolute Gasteiger partial charge is 0.337 e. The Morgan fingerprint density at radius 1 is 1.03 bits per heavy atom. The third-order valence-corrected chi connectivity index (χ3v) is 6.15. The van der Waals surface area contributed by atoms with Crippen LogP contribution in [0.15, 0.2) is 67.1 Å². The molecule has 172 valence electrons. The number of anilines is 3. The van der Waals surface area contributed by atoms with E-state index in [1.165, 1.54) is 11.9 Å². The van der Waals surface area contributed by atoms with Gasteiger partial charge in [-0.2, -0.15) is 0 Å². The lowest BCUT2D eigenvalue weighted by Gasteiger charge is -2.22. The number of fused-ring (bicyclic) bond motifs is 1. The molecule has 3 heterocycles. The van der Waals surface area contributed by atoms with Crippen LogP contribution in [0.4, 0.5) is 17.3 Å². The number of carboxylic acid groups (broad SMARTS) is 1. The zero-order valence-corrected chi connectivity index (χ0v) is 18.7. The van der Waals surface area contributed by atoms with Crippen LogP contribution in [0.1, 0.15) is 40.2 Å². The minimum Gasteiger partial charge on any atom is -0.478 e. The summed E-state index contributed by atoms with van der Waals surface area (Å²) < 4.78 is 0. The Kier molecular flexibility index (Phi) is 6.31. The standard InChI is InChI=1S/C26H26N6O2/c33-26(34)22-6-2-5-21-24(22)30-16-31-25(21)29-14-17-3-1-4-20(13-17)32-23-8-7-19(15-28-23)18-9-11-27-12-10-18/h1-8,13,15-16,18,27H,9-12,14H2,(H,28,32)(H,33,34)(H,29,30,31). The Hall–Kier alpha value is -4.04. The van der Waals surface area contributed by atoms with Gasteiger partial charge >= 0.3 is 5.97 Å². The Morgan fingerprint density at radius 3 is 2.68 bits per heavy atom. The SMILES string of the molecule is O=C(O)c1cccc2c(NCc3cccc(Nc4ccc(C5CCNCC5)cn4)c3)ncnc12. The van der Waals surface area contributed by atoms with Gasteiger partial charge in [-0.1, -0.05) is 24.3 Å². The second kappa shape index (κ2) is 9.84. The first-order valence-electron chi connectivity index (χ1n) is 11.4. The monoisotopic (exact) mass is 454 g/mol. The number of hydrogen-bond acceptors (Lipinski definition) is 7. The molecular formula is C26H26N6O2. The maximum absolute atomic E-state index is 11.5. The molecule has 1 saturated heterocycles. The van der Waals surface area contributed by atoms with Gasteiger partial charge in [0.2, 0.25) is 0 Å². The second-order valence-electron chi connectivity index (χ2n) is 8.41. The first kappa shape index (κ1) is 21.8. The van der Waals surface area contributed by atoms with Gasteiger partial charge in [0, 0.05) is 23.8 Å². The van der Waals surface area contributed by atoms with Crippen LogP contribution in [0.3, 0.4) is 0 Å². The molecule has 2 aromatic carbocycles. The van der Waals surface area contributed by atoms with Gasteiger partial charge in [0.15, 0.2) is 0 Å². The van der Waals surface area contributed by atoms with Gasteiger partial charge in [0.25, 0.3) is 0 Å². The number of aromatic carboxylic acids is 1. The average Bonchev–Trinajstić information content (AvgIpc) is 2.88. The topological polar surface area (TPSA) is 112 Å². The minimum atomic E-state index is -1.01. The number of nitrogens with zero attached hydrogens (tertiary/aromatic N) is 3. The molecule has 1 fully saturated rings. The van der Waals surface area contributed by atoms with Crippen LogP contribution in [0.2, 0.25) is 0 Å². The van der Waals surface area contributed by atoms with Crippen molar-refractivity contribution in [3.63, 3.8) is 0 Å². The number of pyridine rings is 1. The van der Waals surface area contributed by atoms with Gasteiger partial charge in [0.1, 0.15) is 18.0 Å². The average molecular weight is 455 g/mol. The van der Waals surface area contributed by atoms with E-state index in [0.29, 0.717) is 29.2 Å². The third-order valence-electron chi connectivity index (χ3n) is 6.15. The molecule has 4 N–H and O–H groups in total. The van der Waals surface area contributed by atoms with Crippen molar-refractivity contribution >= 4 is 34.2 Å². The molecule has 4 aromatic rings. The Morgan fingerprint density at radius 2 is 1.88 bits per heavy atom. The summed E-state index contributed by atoms with van der Waals surface area (Å²) >= 11 is 0. The van der Waals surface area contributed by atoms with Crippen LogP contribution in [-0.2, 0) is 6.54 Å². The van der Waals surface area contributed by atoms with Crippen LogP contribution < -0.4 is 16.0 Å². The van der Waals surface area contributed by atoms with E-state index < -0.39 is 5.97 Å². The number of carbonyl (C=O) groups is 1. The van der Waals surface area contributed by atoms with E-state index >= 15 is 0 Å². The molecule has 5 rings (SSSR count). The van der Waals surface area contributed by atoms with Crippen molar-refractivity contribution in [1.82, 2.24) is 20.3 Å². The fourth-order valence-corrected chi connectivity index (χ4v) is 4.37. The molecule has 2 aromatic heterocycles. The molecular weight excluding hydrogens is 428 g/mol. The predicted octanol–water partition coefficient (Wildman–Crippen LogP) is 4.55. The summed E-state index contributed by atoms with van der Waals surface area (Å²) in [7, 11) is 0. The van der Waals surface area contributed by atoms with E-state index in [4.69, 9.17) is 0 Å². The number of piperidine rings is 1. The zero-order valence-electron chi connectivity index (χ0n) is 18.7.